The zero-order valence-corrected chi connectivity index (χ0v) is 17.4. The van der Waals surface area contributed by atoms with Gasteiger partial charge in [-0.1, -0.05) is 80.6 Å². The molecule has 0 radical (unpaired) electrons. The normalized spacial score (nSPS) is 13.1. The van der Waals surface area contributed by atoms with E-state index in [4.69, 9.17) is 4.99 Å². The fraction of sp³-hybridized carbons (Fsp3) is 0.231. The molecule has 0 aliphatic carbocycles. The molecule has 0 unspecified atom stereocenters. The number of benzene rings is 3. The van der Waals surface area contributed by atoms with Crippen molar-refractivity contribution in [3.05, 3.63) is 107 Å². The molecule has 0 N–H and O–H groups in total. The van der Waals surface area contributed by atoms with Crippen LogP contribution in [0.2, 0.25) is 0 Å². The van der Waals surface area contributed by atoms with E-state index in [1.807, 2.05) is 48.5 Å². The van der Waals surface area contributed by atoms with E-state index in [2.05, 4.69) is 26.0 Å². The molecule has 31 heavy (non-hydrogen) atoms. The molecule has 3 aromatic carbocycles. The minimum atomic E-state index is -4.42. The Morgan fingerprint density at radius 1 is 0.871 bits per heavy atom. The van der Waals surface area contributed by atoms with Gasteiger partial charge >= 0.3 is 6.18 Å². The molecule has 0 fully saturated rings. The van der Waals surface area contributed by atoms with E-state index in [-0.39, 0.29) is 17.7 Å². The molecular weight excluding hydrogens is 397 g/mol. The number of alkyl halides is 3. The van der Waals surface area contributed by atoms with Crippen LogP contribution in [0.25, 0.3) is 0 Å². The van der Waals surface area contributed by atoms with E-state index in [9.17, 15) is 18.4 Å². The van der Waals surface area contributed by atoms with Crippen molar-refractivity contribution in [3.8, 4) is 6.07 Å². The molecule has 3 aromatic rings. The molecule has 158 valence electrons. The van der Waals surface area contributed by atoms with Crippen LogP contribution < -0.4 is 0 Å². The quantitative estimate of drug-likeness (QED) is 0.391. The summed E-state index contributed by atoms with van der Waals surface area (Å²) in [6, 6.07) is 24.1. The lowest BCUT2D eigenvalue weighted by atomic mass is 9.90. The summed E-state index contributed by atoms with van der Waals surface area (Å²) in [6.07, 6.45) is -3.84. The molecule has 0 aromatic heterocycles. The summed E-state index contributed by atoms with van der Waals surface area (Å²) in [5.41, 5.74) is 2.96. The summed E-state index contributed by atoms with van der Waals surface area (Å²) >= 11 is 0. The maximum atomic E-state index is 12.9. The van der Waals surface area contributed by atoms with Crippen molar-refractivity contribution in [1.29, 1.82) is 5.26 Å². The van der Waals surface area contributed by atoms with E-state index < -0.39 is 11.7 Å². The Morgan fingerprint density at radius 2 is 1.45 bits per heavy atom. The highest BCUT2D eigenvalue weighted by Gasteiger charge is 2.30. The highest BCUT2D eigenvalue weighted by atomic mass is 19.4. The van der Waals surface area contributed by atoms with Gasteiger partial charge in [-0.05, 0) is 41.2 Å². The Hall–Kier alpha value is -3.39. The van der Waals surface area contributed by atoms with Crippen LogP contribution in [0.4, 0.5) is 13.2 Å². The van der Waals surface area contributed by atoms with Gasteiger partial charge in [0, 0.05) is 5.56 Å². The summed E-state index contributed by atoms with van der Waals surface area (Å²) in [7, 11) is 0. The Bertz CT molecular complexity index is 1080. The van der Waals surface area contributed by atoms with Crippen molar-refractivity contribution in [1.82, 2.24) is 0 Å². The van der Waals surface area contributed by atoms with Crippen LogP contribution in [0.15, 0.2) is 83.9 Å². The van der Waals surface area contributed by atoms with Crippen molar-refractivity contribution in [3.63, 3.8) is 0 Å². The lowest BCUT2D eigenvalue weighted by Crippen LogP contribution is -2.10. The predicted molar refractivity (Wildman–Crippen MR) is 117 cm³/mol. The van der Waals surface area contributed by atoms with Crippen molar-refractivity contribution >= 4 is 5.71 Å². The molecular formula is C26H23F3N2. The van der Waals surface area contributed by atoms with E-state index >= 15 is 0 Å². The van der Waals surface area contributed by atoms with Crippen LogP contribution in [-0.2, 0) is 12.6 Å². The second-order valence-electron chi connectivity index (χ2n) is 7.65. The predicted octanol–water partition coefficient (Wildman–Crippen LogP) is 7.13. The van der Waals surface area contributed by atoms with Gasteiger partial charge in [0.25, 0.3) is 0 Å². The molecule has 1 atom stereocenters. The minimum absolute atomic E-state index is 0.119. The first-order valence-electron chi connectivity index (χ1n) is 10.1. The number of nitrogens with zero attached hydrogens (tertiary/aromatic N) is 2. The molecule has 0 amide bonds. The Morgan fingerprint density at radius 3 is 2.00 bits per heavy atom. The fourth-order valence-corrected chi connectivity index (χ4v) is 3.54. The third kappa shape index (κ3) is 5.61. The first-order valence-corrected chi connectivity index (χ1v) is 10.1. The molecule has 0 bridgehead atoms. The van der Waals surface area contributed by atoms with Gasteiger partial charge in [-0.25, -0.2) is 0 Å². The number of aliphatic imine (C=N–C) groups is 1. The van der Waals surface area contributed by atoms with Crippen LogP contribution in [0.1, 0.15) is 53.6 Å². The highest BCUT2D eigenvalue weighted by Crippen LogP contribution is 2.32. The highest BCUT2D eigenvalue weighted by molar-refractivity contribution is 6.11. The van der Waals surface area contributed by atoms with Gasteiger partial charge < -0.3 is 0 Å². The molecule has 0 aliphatic rings. The summed E-state index contributed by atoms with van der Waals surface area (Å²) in [4.78, 5) is 4.74. The first-order chi connectivity index (χ1) is 14.8. The van der Waals surface area contributed by atoms with Crippen LogP contribution in [-0.4, -0.2) is 5.71 Å². The number of nitriles is 1. The lowest BCUT2D eigenvalue weighted by Gasteiger charge is -2.20. The molecule has 0 saturated carbocycles. The molecule has 0 saturated heterocycles. The Kier molecular flexibility index (Phi) is 6.91. The van der Waals surface area contributed by atoms with Gasteiger partial charge in [-0.3, -0.25) is 4.99 Å². The summed E-state index contributed by atoms with van der Waals surface area (Å²) in [5, 5.41) is 9.75. The summed E-state index contributed by atoms with van der Waals surface area (Å²) < 4.78 is 38.7. The molecule has 2 nitrogen and oxygen atoms in total. The van der Waals surface area contributed by atoms with Gasteiger partial charge in [0.2, 0.25) is 0 Å². The van der Waals surface area contributed by atoms with Gasteiger partial charge in [0.1, 0.15) is 11.8 Å². The van der Waals surface area contributed by atoms with Gasteiger partial charge in [-0.2, -0.15) is 18.4 Å². The number of hydrogen-bond donors (Lipinski definition) is 0. The van der Waals surface area contributed by atoms with Gasteiger partial charge in [0.15, 0.2) is 0 Å². The molecule has 0 heterocycles. The van der Waals surface area contributed by atoms with Crippen molar-refractivity contribution in [2.24, 2.45) is 4.99 Å². The number of rotatable bonds is 6. The third-order valence-corrected chi connectivity index (χ3v) is 5.13. The van der Waals surface area contributed by atoms with Crippen LogP contribution in [0, 0.1) is 11.3 Å². The second-order valence-corrected chi connectivity index (χ2v) is 7.65. The Balaban J connectivity index is 2.06. The SMILES string of the molecule is CC(C)c1ccccc1[C@@H](Cc1ccccc1)N=C(C#N)c1ccc(C(F)(F)F)cc1. The minimum Gasteiger partial charge on any atom is -0.265 e. The van der Waals surface area contributed by atoms with E-state index in [0.717, 1.165) is 28.8 Å². The summed E-state index contributed by atoms with van der Waals surface area (Å²) in [5.74, 6) is 0.265. The van der Waals surface area contributed by atoms with Crippen LogP contribution in [0.3, 0.4) is 0 Å². The maximum absolute atomic E-state index is 12.9. The standard InChI is InChI=1S/C26H23F3N2/c1-18(2)22-10-6-7-11-23(22)24(16-19-8-4-3-5-9-19)31-25(17-30)20-12-14-21(15-13-20)26(27,28)29/h3-15,18,24H,16H2,1-2H3/t24-/m1/s1. The maximum Gasteiger partial charge on any atom is 0.416 e. The van der Waals surface area contributed by atoms with Crippen LogP contribution in [0.5, 0.6) is 0 Å². The smallest absolute Gasteiger partial charge is 0.265 e. The molecule has 5 heteroatoms. The van der Waals surface area contributed by atoms with E-state index in [0.29, 0.717) is 12.0 Å². The molecule has 3 rings (SSSR count). The van der Waals surface area contributed by atoms with Crippen molar-refractivity contribution in [2.75, 3.05) is 0 Å². The lowest BCUT2D eigenvalue weighted by molar-refractivity contribution is -0.137. The largest absolute Gasteiger partial charge is 0.416 e. The van der Waals surface area contributed by atoms with Gasteiger partial charge in [-0.15, -0.1) is 0 Å². The average Bonchev–Trinajstić information content (AvgIpc) is 2.77. The third-order valence-electron chi connectivity index (χ3n) is 5.13. The number of halogens is 3. The first kappa shape index (κ1) is 22.3. The zero-order valence-electron chi connectivity index (χ0n) is 17.4. The van der Waals surface area contributed by atoms with E-state index in [1.54, 1.807) is 0 Å². The molecule has 0 aliphatic heterocycles. The van der Waals surface area contributed by atoms with Crippen molar-refractivity contribution in [2.45, 2.75) is 38.4 Å². The van der Waals surface area contributed by atoms with Gasteiger partial charge in [0.05, 0.1) is 11.6 Å². The molecule has 0 spiro atoms. The average molecular weight is 420 g/mol. The van der Waals surface area contributed by atoms with E-state index in [1.165, 1.54) is 12.1 Å². The number of hydrogen-bond acceptors (Lipinski definition) is 2. The fourth-order valence-electron chi connectivity index (χ4n) is 3.54. The second kappa shape index (κ2) is 9.61. The Labute approximate surface area is 180 Å². The topological polar surface area (TPSA) is 36.1 Å². The van der Waals surface area contributed by atoms with Crippen LogP contribution >= 0.6 is 0 Å². The monoisotopic (exact) mass is 420 g/mol. The van der Waals surface area contributed by atoms with Crippen molar-refractivity contribution < 1.29 is 13.2 Å². The zero-order chi connectivity index (χ0) is 22.4. The summed E-state index contributed by atoms with van der Waals surface area (Å²) in [6.45, 7) is 4.20.